The first-order valence-corrected chi connectivity index (χ1v) is 4.53. The molecule has 0 radical (unpaired) electrons. The molecule has 1 aliphatic heterocycles. The van der Waals surface area contributed by atoms with E-state index >= 15 is 0 Å². The molecular formula is C11H8FNO2. The zero-order chi connectivity index (χ0) is 11.0. The van der Waals surface area contributed by atoms with Gasteiger partial charge in [-0.05, 0) is 25.1 Å². The van der Waals surface area contributed by atoms with Gasteiger partial charge in [0.25, 0.3) is 0 Å². The van der Waals surface area contributed by atoms with Gasteiger partial charge in [-0.2, -0.15) is 5.26 Å². The summed E-state index contributed by atoms with van der Waals surface area (Å²) in [6, 6.07) is 5.61. The third-order valence-corrected chi connectivity index (χ3v) is 2.41. The van der Waals surface area contributed by atoms with Gasteiger partial charge in [0.05, 0.1) is 11.6 Å². The molecule has 4 heteroatoms. The lowest BCUT2D eigenvalue weighted by Crippen LogP contribution is -2.34. The van der Waals surface area contributed by atoms with Gasteiger partial charge < -0.3 is 4.74 Å². The molecule has 1 aromatic rings. The standard InChI is InChI=1S/C11H8FNO2/c1-6-9(5-13)11(14)8-4-7(12)2-3-10(8)15-6/h2-4,6,9H,1H3. The van der Waals surface area contributed by atoms with Crippen LogP contribution in [0.5, 0.6) is 5.75 Å². The van der Waals surface area contributed by atoms with Crippen LogP contribution >= 0.6 is 0 Å². The molecule has 0 fully saturated rings. The van der Waals surface area contributed by atoms with Crippen LogP contribution in [-0.2, 0) is 0 Å². The maximum absolute atomic E-state index is 12.9. The average molecular weight is 205 g/mol. The van der Waals surface area contributed by atoms with E-state index in [1.807, 2.05) is 6.07 Å². The van der Waals surface area contributed by atoms with E-state index in [0.717, 1.165) is 6.07 Å². The highest BCUT2D eigenvalue weighted by Crippen LogP contribution is 2.30. The molecule has 3 nitrogen and oxygen atoms in total. The summed E-state index contributed by atoms with van der Waals surface area (Å²) >= 11 is 0. The summed E-state index contributed by atoms with van der Waals surface area (Å²) < 4.78 is 18.3. The molecule has 0 aliphatic carbocycles. The van der Waals surface area contributed by atoms with Gasteiger partial charge >= 0.3 is 0 Å². The Labute approximate surface area is 86.1 Å². The van der Waals surface area contributed by atoms with Crippen molar-refractivity contribution < 1.29 is 13.9 Å². The van der Waals surface area contributed by atoms with Crippen LogP contribution in [0, 0.1) is 23.1 Å². The number of ketones is 1. The molecule has 1 heterocycles. The van der Waals surface area contributed by atoms with Crippen molar-refractivity contribution in [3.8, 4) is 11.8 Å². The van der Waals surface area contributed by atoms with Crippen molar-refractivity contribution in [1.82, 2.24) is 0 Å². The molecular weight excluding hydrogens is 197 g/mol. The molecule has 1 aromatic carbocycles. The van der Waals surface area contributed by atoms with Gasteiger partial charge in [0.1, 0.15) is 23.6 Å². The van der Waals surface area contributed by atoms with E-state index in [2.05, 4.69) is 0 Å². The first-order valence-electron chi connectivity index (χ1n) is 4.53. The average Bonchev–Trinajstić information content (AvgIpc) is 2.20. The number of ether oxygens (including phenoxy) is 1. The number of rotatable bonds is 0. The Morgan fingerprint density at radius 2 is 2.27 bits per heavy atom. The number of nitrogens with zero attached hydrogens (tertiary/aromatic N) is 1. The van der Waals surface area contributed by atoms with E-state index in [1.165, 1.54) is 12.1 Å². The van der Waals surface area contributed by atoms with E-state index in [1.54, 1.807) is 6.92 Å². The van der Waals surface area contributed by atoms with Crippen LogP contribution in [0.15, 0.2) is 18.2 Å². The summed E-state index contributed by atoms with van der Waals surface area (Å²) in [6.45, 7) is 1.65. The van der Waals surface area contributed by atoms with E-state index in [0.29, 0.717) is 5.75 Å². The maximum Gasteiger partial charge on any atom is 0.187 e. The van der Waals surface area contributed by atoms with Crippen molar-refractivity contribution in [2.45, 2.75) is 13.0 Å². The molecule has 2 atom stereocenters. The summed E-state index contributed by atoms with van der Waals surface area (Å²) in [4.78, 5) is 11.7. The smallest absolute Gasteiger partial charge is 0.187 e. The van der Waals surface area contributed by atoms with E-state index in [-0.39, 0.29) is 11.3 Å². The molecule has 15 heavy (non-hydrogen) atoms. The number of hydrogen-bond donors (Lipinski definition) is 0. The number of hydrogen-bond acceptors (Lipinski definition) is 3. The van der Waals surface area contributed by atoms with Gasteiger partial charge in [-0.15, -0.1) is 0 Å². The third kappa shape index (κ3) is 1.46. The first-order chi connectivity index (χ1) is 7.13. The number of nitriles is 1. The highest BCUT2D eigenvalue weighted by atomic mass is 19.1. The van der Waals surface area contributed by atoms with E-state index < -0.39 is 17.8 Å². The molecule has 0 spiro atoms. The normalized spacial score (nSPS) is 23.9. The van der Waals surface area contributed by atoms with Crippen molar-refractivity contribution in [3.63, 3.8) is 0 Å². The fourth-order valence-corrected chi connectivity index (χ4v) is 1.61. The SMILES string of the molecule is CC1Oc2ccc(F)cc2C(=O)C1C#N. The number of Topliss-reactive ketones (excluding diaryl/α,β-unsaturated/α-hetero) is 1. The van der Waals surface area contributed by atoms with Gasteiger partial charge in [0.2, 0.25) is 0 Å². The lowest BCUT2D eigenvalue weighted by Gasteiger charge is -2.25. The minimum absolute atomic E-state index is 0.152. The summed E-state index contributed by atoms with van der Waals surface area (Å²) in [6.07, 6.45) is -0.486. The molecule has 0 amide bonds. The topological polar surface area (TPSA) is 50.1 Å². The van der Waals surface area contributed by atoms with Gasteiger partial charge in [-0.25, -0.2) is 4.39 Å². The monoisotopic (exact) mass is 205 g/mol. The number of halogens is 1. The van der Waals surface area contributed by atoms with Gasteiger partial charge in [0.15, 0.2) is 5.78 Å². The quantitative estimate of drug-likeness (QED) is 0.650. The number of carbonyl (C=O) groups excluding carboxylic acids is 1. The lowest BCUT2D eigenvalue weighted by atomic mass is 9.91. The lowest BCUT2D eigenvalue weighted by molar-refractivity contribution is 0.0781. The van der Waals surface area contributed by atoms with Crippen LogP contribution in [-0.4, -0.2) is 11.9 Å². The third-order valence-electron chi connectivity index (χ3n) is 2.41. The van der Waals surface area contributed by atoms with Crippen molar-refractivity contribution in [2.24, 2.45) is 5.92 Å². The van der Waals surface area contributed by atoms with Crippen LogP contribution in [0.4, 0.5) is 4.39 Å². The molecule has 2 unspecified atom stereocenters. The van der Waals surface area contributed by atoms with Crippen LogP contribution in [0.3, 0.4) is 0 Å². The minimum atomic E-state index is -0.848. The Kier molecular flexibility index (Phi) is 2.16. The summed E-state index contributed by atoms with van der Waals surface area (Å²) in [5.74, 6) is -1.37. The van der Waals surface area contributed by atoms with Crippen molar-refractivity contribution in [2.75, 3.05) is 0 Å². The molecule has 76 valence electrons. The number of carbonyl (C=O) groups is 1. The molecule has 1 aliphatic rings. The van der Waals surface area contributed by atoms with Crippen LogP contribution < -0.4 is 4.74 Å². The zero-order valence-electron chi connectivity index (χ0n) is 8.03. The molecule has 0 saturated heterocycles. The van der Waals surface area contributed by atoms with E-state index in [9.17, 15) is 9.18 Å². The van der Waals surface area contributed by atoms with Gasteiger partial charge in [0, 0.05) is 0 Å². The minimum Gasteiger partial charge on any atom is -0.488 e. The highest BCUT2D eigenvalue weighted by molar-refractivity contribution is 6.03. The molecule has 0 N–H and O–H groups in total. The molecule has 0 saturated carbocycles. The fourth-order valence-electron chi connectivity index (χ4n) is 1.61. The number of benzene rings is 1. The molecule has 0 bridgehead atoms. The van der Waals surface area contributed by atoms with Crippen molar-refractivity contribution in [1.29, 1.82) is 5.26 Å². The van der Waals surface area contributed by atoms with Gasteiger partial charge in [-0.3, -0.25) is 4.79 Å². The van der Waals surface area contributed by atoms with Crippen LogP contribution in [0.2, 0.25) is 0 Å². The Morgan fingerprint density at radius 1 is 1.53 bits per heavy atom. The summed E-state index contributed by atoms with van der Waals surface area (Å²) in [5.41, 5.74) is 0.152. The predicted octanol–water partition coefficient (Wildman–Crippen LogP) is 1.93. The van der Waals surface area contributed by atoms with E-state index in [4.69, 9.17) is 10.00 Å². The van der Waals surface area contributed by atoms with Crippen molar-refractivity contribution >= 4 is 5.78 Å². The summed E-state index contributed by atoms with van der Waals surface area (Å²) in [7, 11) is 0. The molecule has 0 aromatic heterocycles. The maximum atomic E-state index is 12.9. The second kappa shape index (κ2) is 3.35. The highest BCUT2D eigenvalue weighted by Gasteiger charge is 2.34. The second-order valence-electron chi connectivity index (χ2n) is 3.43. The fraction of sp³-hybridized carbons (Fsp3) is 0.273. The number of fused-ring (bicyclic) bond motifs is 1. The Balaban J connectivity index is 2.52. The largest absolute Gasteiger partial charge is 0.488 e. The van der Waals surface area contributed by atoms with Gasteiger partial charge in [-0.1, -0.05) is 0 Å². The first kappa shape index (κ1) is 9.66. The zero-order valence-corrected chi connectivity index (χ0v) is 8.03. The Bertz CT molecular complexity index is 464. The predicted molar refractivity (Wildman–Crippen MR) is 49.9 cm³/mol. The van der Waals surface area contributed by atoms with Crippen LogP contribution in [0.25, 0.3) is 0 Å². The Hall–Kier alpha value is -1.89. The van der Waals surface area contributed by atoms with Crippen molar-refractivity contribution in [3.05, 3.63) is 29.6 Å². The molecule has 2 rings (SSSR count). The summed E-state index contributed by atoms with van der Waals surface area (Å²) in [5, 5.41) is 8.78. The second-order valence-corrected chi connectivity index (χ2v) is 3.43. The Morgan fingerprint density at radius 3 is 2.93 bits per heavy atom. The van der Waals surface area contributed by atoms with Crippen LogP contribution in [0.1, 0.15) is 17.3 Å².